The molecule has 2 unspecified atom stereocenters. The van der Waals surface area contributed by atoms with Gasteiger partial charge in [-0.25, -0.2) is 0 Å². The second-order valence-electron chi connectivity index (χ2n) is 5.28. The van der Waals surface area contributed by atoms with Crippen LogP contribution in [0.15, 0.2) is 23.1 Å². The molecule has 0 saturated heterocycles. The molecule has 0 spiro atoms. The third kappa shape index (κ3) is 3.45. The van der Waals surface area contributed by atoms with E-state index >= 15 is 0 Å². The van der Waals surface area contributed by atoms with Crippen molar-refractivity contribution in [1.29, 1.82) is 5.26 Å². The zero-order valence-electron chi connectivity index (χ0n) is 11.8. The molecule has 1 N–H and O–H groups in total. The number of hydrogen-bond acceptors (Lipinski definition) is 3. The highest BCUT2D eigenvalue weighted by Gasteiger charge is 2.21. The molecular formula is C16H22N2S. The number of hydrogen-bond donors (Lipinski definition) is 1. The van der Waals surface area contributed by atoms with Crippen LogP contribution >= 0.6 is 11.8 Å². The van der Waals surface area contributed by atoms with Crippen molar-refractivity contribution in [3.8, 4) is 6.07 Å². The Balaban J connectivity index is 2.13. The minimum atomic E-state index is 0.530. The molecule has 1 aliphatic carbocycles. The van der Waals surface area contributed by atoms with Crippen molar-refractivity contribution in [1.82, 2.24) is 0 Å². The van der Waals surface area contributed by atoms with Crippen molar-refractivity contribution in [2.45, 2.75) is 50.0 Å². The fourth-order valence-electron chi connectivity index (χ4n) is 2.95. The molecule has 1 saturated carbocycles. The highest BCUT2D eigenvalue weighted by molar-refractivity contribution is 7.98. The summed E-state index contributed by atoms with van der Waals surface area (Å²) in [6.07, 6.45) is 8.43. The van der Waals surface area contributed by atoms with E-state index in [2.05, 4.69) is 18.3 Å². The summed E-state index contributed by atoms with van der Waals surface area (Å²) in [5.41, 5.74) is 1.81. The van der Waals surface area contributed by atoms with Crippen LogP contribution in [0.5, 0.6) is 0 Å². The van der Waals surface area contributed by atoms with Gasteiger partial charge in [-0.1, -0.05) is 32.3 Å². The lowest BCUT2D eigenvalue weighted by molar-refractivity contribution is 0.327. The van der Waals surface area contributed by atoms with Crippen LogP contribution in [0.1, 0.15) is 44.6 Å². The number of rotatable bonds is 4. The molecule has 2 atom stereocenters. The molecule has 2 rings (SSSR count). The van der Waals surface area contributed by atoms with Crippen LogP contribution < -0.4 is 5.32 Å². The zero-order chi connectivity index (χ0) is 13.7. The van der Waals surface area contributed by atoms with Gasteiger partial charge >= 0.3 is 0 Å². The number of benzene rings is 1. The Labute approximate surface area is 120 Å². The predicted molar refractivity (Wildman–Crippen MR) is 82.6 cm³/mol. The lowest BCUT2D eigenvalue weighted by Crippen LogP contribution is -2.27. The molecule has 0 aliphatic heterocycles. The second kappa shape index (κ2) is 6.86. The van der Waals surface area contributed by atoms with Crippen molar-refractivity contribution < 1.29 is 0 Å². The fraction of sp³-hybridized carbons (Fsp3) is 0.562. The number of nitrogens with zero attached hydrogens (tertiary/aromatic N) is 1. The Morgan fingerprint density at radius 2 is 2.26 bits per heavy atom. The summed E-state index contributed by atoms with van der Waals surface area (Å²) in [6, 6.07) is 8.97. The Morgan fingerprint density at radius 1 is 1.42 bits per heavy atom. The van der Waals surface area contributed by atoms with Gasteiger partial charge in [-0.15, -0.1) is 11.8 Å². The predicted octanol–water partition coefficient (Wildman–Crippen LogP) is 4.66. The van der Waals surface area contributed by atoms with E-state index in [4.69, 9.17) is 0 Å². The Morgan fingerprint density at radius 3 is 2.95 bits per heavy atom. The molecule has 0 heterocycles. The average Bonchev–Trinajstić information content (AvgIpc) is 2.47. The molecule has 2 nitrogen and oxygen atoms in total. The minimum Gasteiger partial charge on any atom is -0.381 e. The fourth-order valence-corrected chi connectivity index (χ4v) is 3.52. The van der Waals surface area contributed by atoms with Crippen LogP contribution in [0.4, 0.5) is 5.69 Å². The summed E-state index contributed by atoms with van der Waals surface area (Å²) in [5, 5.41) is 13.0. The highest BCUT2D eigenvalue weighted by atomic mass is 32.2. The number of thioether (sulfide) groups is 1. The summed E-state index contributed by atoms with van der Waals surface area (Å²) >= 11 is 1.64. The van der Waals surface area contributed by atoms with Gasteiger partial charge in [0.15, 0.2) is 0 Å². The van der Waals surface area contributed by atoms with E-state index in [-0.39, 0.29) is 0 Å². The molecule has 0 aromatic heterocycles. The van der Waals surface area contributed by atoms with Gasteiger partial charge in [0.05, 0.1) is 11.3 Å². The van der Waals surface area contributed by atoms with Crippen LogP contribution in [-0.2, 0) is 0 Å². The van der Waals surface area contributed by atoms with E-state index in [0.717, 1.165) is 22.1 Å². The lowest BCUT2D eigenvalue weighted by Gasteiger charge is -2.30. The molecule has 1 aliphatic rings. The Kier molecular flexibility index (Phi) is 5.15. The molecule has 1 fully saturated rings. The van der Waals surface area contributed by atoms with Crippen LogP contribution in [0.25, 0.3) is 0 Å². The van der Waals surface area contributed by atoms with Gasteiger partial charge < -0.3 is 5.32 Å². The summed E-state index contributed by atoms with van der Waals surface area (Å²) in [4.78, 5) is 1.07. The van der Waals surface area contributed by atoms with Gasteiger partial charge in [-0.3, -0.25) is 0 Å². The maximum atomic E-state index is 9.35. The van der Waals surface area contributed by atoms with Crippen molar-refractivity contribution in [2.24, 2.45) is 5.92 Å². The summed E-state index contributed by atoms with van der Waals surface area (Å²) in [7, 11) is 0. The standard InChI is InChI=1S/C16H22N2S/c1-3-12-6-4-7-13(10-12)18-15-8-5-9-16(19-2)14(15)11-17/h5,8-9,12-13,18H,3-4,6-7,10H2,1-2H3. The molecule has 0 bridgehead atoms. The van der Waals surface area contributed by atoms with E-state index in [0.29, 0.717) is 6.04 Å². The van der Waals surface area contributed by atoms with Crippen molar-refractivity contribution in [3.05, 3.63) is 23.8 Å². The normalized spacial score (nSPS) is 22.8. The van der Waals surface area contributed by atoms with Crippen molar-refractivity contribution >= 4 is 17.4 Å². The zero-order valence-corrected chi connectivity index (χ0v) is 12.6. The van der Waals surface area contributed by atoms with Gasteiger partial charge in [-0.2, -0.15) is 5.26 Å². The van der Waals surface area contributed by atoms with Gasteiger partial charge in [0.2, 0.25) is 0 Å². The largest absolute Gasteiger partial charge is 0.381 e. The average molecular weight is 274 g/mol. The van der Waals surface area contributed by atoms with E-state index in [1.165, 1.54) is 32.1 Å². The summed E-state index contributed by atoms with van der Waals surface area (Å²) in [5.74, 6) is 0.848. The first-order chi connectivity index (χ1) is 9.28. The molecule has 102 valence electrons. The quantitative estimate of drug-likeness (QED) is 0.811. The van der Waals surface area contributed by atoms with Crippen molar-refractivity contribution in [2.75, 3.05) is 11.6 Å². The maximum absolute atomic E-state index is 9.35. The van der Waals surface area contributed by atoms with E-state index < -0.39 is 0 Å². The molecule has 3 heteroatoms. The molecule has 19 heavy (non-hydrogen) atoms. The number of nitriles is 1. The lowest BCUT2D eigenvalue weighted by atomic mass is 9.84. The van der Waals surface area contributed by atoms with E-state index in [1.807, 2.05) is 24.5 Å². The Hall–Kier alpha value is -1.14. The first kappa shape index (κ1) is 14.3. The van der Waals surface area contributed by atoms with Crippen LogP contribution in [0.3, 0.4) is 0 Å². The van der Waals surface area contributed by atoms with Gasteiger partial charge in [0, 0.05) is 10.9 Å². The summed E-state index contributed by atoms with van der Waals surface area (Å²) in [6.45, 7) is 2.28. The van der Waals surface area contributed by atoms with E-state index in [1.54, 1.807) is 11.8 Å². The first-order valence-electron chi connectivity index (χ1n) is 7.12. The number of anilines is 1. The highest BCUT2D eigenvalue weighted by Crippen LogP contribution is 2.31. The van der Waals surface area contributed by atoms with Gasteiger partial charge in [-0.05, 0) is 37.1 Å². The van der Waals surface area contributed by atoms with Crippen molar-refractivity contribution in [3.63, 3.8) is 0 Å². The molecule has 0 amide bonds. The topological polar surface area (TPSA) is 35.8 Å². The molecule has 1 aromatic rings. The third-order valence-electron chi connectivity index (χ3n) is 4.08. The van der Waals surface area contributed by atoms with Crippen LogP contribution in [0.2, 0.25) is 0 Å². The SMILES string of the molecule is CCC1CCCC(Nc2cccc(SC)c2C#N)C1. The van der Waals surface area contributed by atoms with Gasteiger partial charge in [0.25, 0.3) is 0 Å². The maximum Gasteiger partial charge on any atom is 0.102 e. The third-order valence-corrected chi connectivity index (χ3v) is 4.86. The monoisotopic (exact) mass is 274 g/mol. The Bertz CT molecular complexity index is 464. The molecular weight excluding hydrogens is 252 g/mol. The van der Waals surface area contributed by atoms with Crippen LogP contribution in [-0.4, -0.2) is 12.3 Å². The van der Waals surface area contributed by atoms with Gasteiger partial charge in [0.1, 0.15) is 6.07 Å². The molecule has 1 aromatic carbocycles. The van der Waals surface area contributed by atoms with Crippen LogP contribution in [0, 0.1) is 17.2 Å². The first-order valence-corrected chi connectivity index (χ1v) is 8.34. The molecule has 0 radical (unpaired) electrons. The van der Waals surface area contributed by atoms with E-state index in [9.17, 15) is 5.26 Å². The number of nitrogens with one attached hydrogen (secondary N) is 1. The second-order valence-corrected chi connectivity index (χ2v) is 6.12. The summed E-state index contributed by atoms with van der Waals surface area (Å²) < 4.78 is 0. The smallest absolute Gasteiger partial charge is 0.102 e. The minimum absolute atomic E-state index is 0.530.